The zero-order chi connectivity index (χ0) is 15.9. The number of carbonyl (C=O) groups is 1. The van der Waals surface area contributed by atoms with E-state index in [9.17, 15) is 4.79 Å². The van der Waals surface area contributed by atoms with Gasteiger partial charge in [-0.05, 0) is 41.1 Å². The Bertz CT molecular complexity index is 710. The van der Waals surface area contributed by atoms with E-state index in [-0.39, 0.29) is 17.9 Å². The lowest BCUT2D eigenvalue weighted by Crippen LogP contribution is -2.42. The van der Waals surface area contributed by atoms with Crippen LogP contribution in [0.2, 0.25) is 10.0 Å². The third-order valence-corrected chi connectivity index (χ3v) is 5.56. The van der Waals surface area contributed by atoms with E-state index in [4.69, 9.17) is 23.2 Å². The summed E-state index contributed by atoms with van der Waals surface area (Å²) < 4.78 is 0. The Labute approximate surface area is 144 Å². The van der Waals surface area contributed by atoms with Crippen LogP contribution in [0.25, 0.3) is 0 Å². The Morgan fingerprint density at radius 2 is 2.05 bits per heavy atom. The zero-order valence-corrected chi connectivity index (χ0v) is 14.8. The van der Waals surface area contributed by atoms with E-state index in [2.05, 4.69) is 11.4 Å². The molecule has 22 heavy (non-hydrogen) atoms. The summed E-state index contributed by atoms with van der Waals surface area (Å²) in [5, 5.41) is 3.31. The maximum atomic E-state index is 12.7. The standard InChI is InChI=1S/C17H17Cl2NOS/c1-10(2)17(21)20-7-5-15-13(6-8-22-15)16(20)12-4-3-11(18)9-14(12)19/h3-4,6,8-10,16H,5,7H2,1-2H3/t16-/m1/s1. The molecule has 1 amide bonds. The first kappa shape index (κ1) is 15.9. The molecule has 5 heteroatoms. The van der Waals surface area contributed by atoms with Crippen LogP contribution in [0.1, 0.15) is 35.9 Å². The summed E-state index contributed by atoms with van der Waals surface area (Å²) in [5.41, 5.74) is 2.13. The van der Waals surface area contributed by atoms with Gasteiger partial charge in [-0.2, -0.15) is 0 Å². The van der Waals surface area contributed by atoms with Crippen molar-refractivity contribution < 1.29 is 4.79 Å². The molecule has 1 aliphatic heterocycles. The van der Waals surface area contributed by atoms with Crippen molar-refractivity contribution in [2.75, 3.05) is 6.54 Å². The molecule has 116 valence electrons. The molecule has 1 aromatic carbocycles. The maximum Gasteiger partial charge on any atom is 0.225 e. The third kappa shape index (κ3) is 2.78. The van der Waals surface area contributed by atoms with Crippen LogP contribution in [-0.4, -0.2) is 17.4 Å². The number of halogens is 2. The van der Waals surface area contributed by atoms with Crippen molar-refractivity contribution >= 4 is 40.4 Å². The first-order valence-electron chi connectivity index (χ1n) is 7.30. The largest absolute Gasteiger partial charge is 0.331 e. The molecule has 0 saturated heterocycles. The Morgan fingerprint density at radius 3 is 2.73 bits per heavy atom. The van der Waals surface area contributed by atoms with Gasteiger partial charge < -0.3 is 4.90 Å². The summed E-state index contributed by atoms with van der Waals surface area (Å²) in [7, 11) is 0. The predicted molar refractivity (Wildman–Crippen MR) is 92.9 cm³/mol. The van der Waals surface area contributed by atoms with Crippen molar-refractivity contribution in [1.29, 1.82) is 0 Å². The Morgan fingerprint density at radius 1 is 1.27 bits per heavy atom. The second kappa shape index (κ2) is 6.23. The molecule has 2 aromatic rings. The number of nitrogens with zero attached hydrogens (tertiary/aromatic N) is 1. The highest BCUT2D eigenvalue weighted by atomic mass is 35.5. The van der Waals surface area contributed by atoms with E-state index in [0.29, 0.717) is 10.0 Å². The van der Waals surface area contributed by atoms with Gasteiger partial charge in [0.15, 0.2) is 0 Å². The SMILES string of the molecule is CC(C)C(=O)N1CCc2sccc2[C@H]1c1ccc(Cl)cc1Cl. The number of rotatable bonds is 2. The van der Waals surface area contributed by atoms with Gasteiger partial charge in [0.1, 0.15) is 0 Å². The van der Waals surface area contributed by atoms with Gasteiger partial charge in [0, 0.05) is 27.4 Å². The Hall–Kier alpha value is -1.03. The van der Waals surface area contributed by atoms with Crippen molar-refractivity contribution in [3.8, 4) is 0 Å². The minimum Gasteiger partial charge on any atom is -0.331 e. The molecule has 0 saturated carbocycles. The van der Waals surface area contributed by atoms with Crippen LogP contribution in [0, 0.1) is 5.92 Å². The van der Waals surface area contributed by atoms with Crippen LogP contribution in [0.4, 0.5) is 0 Å². The fourth-order valence-corrected chi connectivity index (χ4v) is 4.36. The average Bonchev–Trinajstić information content (AvgIpc) is 2.94. The lowest BCUT2D eigenvalue weighted by atomic mass is 9.92. The Kier molecular flexibility index (Phi) is 4.49. The monoisotopic (exact) mass is 353 g/mol. The number of benzene rings is 1. The topological polar surface area (TPSA) is 20.3 Å². The molecule has 1 atom stereocenters. The molecule has 0 radical (unpaired) electrons. The molecule has 1 aromatic heterocycles. The van der Waals surface area contributed by atoms with Gasteiger partial charge in [0.25, 0.3) is 0 Å². The first-order chi connectivity index (χ1) is 10.5. The summed E-state index contributed by atoms with van der Waals surface area (Å²) in [5.74, 6) is 0.127. The van der Waals surface area contributed by atoms with Crippen LogP contribution in [0.5, 0.6) is 0 Å². The summed E-state index contributed by atoms with van der Waals surface area (Å²) >= 11 is 14.2. The number of fused-ring (bicyclic) bond motifs is 1. The van der Waals surface area contributed by atoms with Crippen molar-refractivity contribution in [1.82, 2.24) is 4.90 Å². The molecule has 2 heterocycles. The van der Waals surface area contributed by atoms with Crippen LogP contribution < -0.4 is 0 Å². The molecule has 0 fully saturated rings. The second-order valence-electron chi connectivity index (χ2n) is 5.80. The molecule has 0 spiro atoms. The molecule has 1 aliphatic rings. The van der Waals surface area contributed by atoms with Crippen molar-refractivity contribution in [2.24, 2.45) is 5.92 Å². The normalized spacial score (nSPS) is 17.7. The molecule has 0 unspecified atom stereocenters. The lowest BCUT2D eigenvalue weighted by Gasteiger charge is -2.37. The van der Waals surface area contributed by atoms with E-state index in [0.717, 1.165) is 18.5 Å². The molecular formula is C17H17Cl2NOS. The highest BCUT2D eigenvalue weighted by Gasteiger charge is 2.34. The summed E-state index contributed by atoms with van der Waals surface area (Å²) in [4.78, 5) is 15.9. The van der Waals surface area contributed by atoms with E-state index < -0.39 is 0 Å². The quantitative estimate of drug-likeness (QED) is 0.727. The van der Waals surface area contributed by atoms with Crippen molar-refractivity contribution in [3.05, 3.63) is 55.7 Å². The van der Waals surface area contributed by atoms with Gasteiger partial charge in [-0.15, -0.1) is 11.3 Å². The number of hydrogen-bond acceptors (Lipinski definition) is 2. The summed E-state index contributed by atoms with van der Waals surface area (Å²) in [6, 6.07) is 7.51. The number of hydrogen-bond donors (Lipinski definition) is 0. The summed E-state index contributed by atoms with van der Waals surface area (Å²) in [6.45, 7) is 4.60. The van der Waals surface area contributed by atoms with E-state index in [1.807, 2.05) is 30.9 Å². The zero-order valence-electron chi connectivity index (χ0n) is 12.5. The van der Waals surface area contributed by atoms with Crippen molar-refractivity contribution in [3.63, 3.8) is 0 Å². The van der Waals surface area contributed by atoms with Crippen LogP contribution in [0.15, 0.2) is 29.6 Å². The third-order valence-electron chi connectivity index (χ3n) is 4.00. The van der Waals surface area contributed by atoms with E-state index in [1.165, 1.54) is 10.4 Å². The molecule has 0 aliphatic carbocycles. The highest BCUT2D eigenvalue weighted by Crippen LogP contribution is 2.41. The van der Waals surface area contributed by atoms with Gasteiger partial charge in [0.2, 0.25) is 5.91 Å². The fraction of sp³-hybridized carbons (Fsp3) is 0.353. The first-order valence-corrected chi connectivity index (χ1v) is 8.94. The average molecular weight is 354 g/mol. The van der Waals surface area contributed by atoms with Gasteiger partial charge in [-0.3, -0.25) is 4.79 Å². The van der Waals surface area contributed by atoms with Crippen LogP contribution >= 0.6 is 34.5 Å². The fourth-order valence-electron chi connectivity index (χ4n) is 2.94. The predicted octanol–water partition coefficient (Wildman–Crippen LogP) is 5.19. The highest BCUT2D eigenvalue weighted by molar-refractivity contribution is 7.10. The lowest BCUT2D eigenvalue weighted by molar-refractivity contribution is -0.136. The van der Waals surface area contributed by atoms with Gasteiger partial charge in [-0.1, -0.05) is 43.1 Å². The molecule has 3 rings (SSSR count). The minimum absolute atomic E-state index is 0.0336. The molecule has 0 bridgehead atoms. The van der Waals surface area contributed by atoms with E-state index >= 15 is 0 Å². The Balaban J connectivity index is 2.11. The molecule has 2 nitrogen and oxygen atoms in total. The van der Waals surface area contributed by atoms with Crippen LogP contribution in [0.3, 0.4) is 0 Å². The number of thiophene rings is 1. The number of amides is 1. The molecular weight excluding hydrogens is 337 g/mol. The smallest absolute Gasteiger partial charge is 0.225 e. The summed E-state index contributed by atoms with van der Waals surface area (Å²) in [6.07, 6.45) is 0.910. The maximum absolute atomic E-state index is 12.7. The van der Waals surface area contributed by atoms with E-state index in [1.54, 1.807) is 17.4 Å². The number of carbonyl (C=O) groups excluding carboxylic acids is 1. The second-order valence-corrected chi connectivity index (χ2v) is 7.65. The van der Waals surface area contributed by atoms with Gasteiger partial charge in [-0.25, -0.2) is 0 Å². The van der Waals surface area contributed by atoms with Crippen molar-refractivity contribution in [2.45, 2.75) is 26.3 Å². The van der Waals surface area contributed by atoms with Gasteiger partial charge >= 0.3 is 0 Å². The molecule has 0 N–H and O–H groups in total. The van der Waals surface area contributed by atoms with Gasteiger partial charge in [0.05, 0.1) is 6.04 Å². The van der Waals surface area contributed by atoms with Crippen LogP contribution in [-0.2, 0) is 11.2 Å². The minimum atomic E-state index is -0.116.